The van der Waals surface area contributed by atoms with Crippen LogP contribution < -0.4 is 4.74 Å². The quantitative estimate of drug-likeness (QED) is 0.367. The van der Waals surface area contributed by atoms with E-state index in [0.717, 1.165) is 22.4 Å². The van der Waals surface area contributed by atoms with Gasteiger partial charge < -0.3 is 14.2 Å². The summed E-state index contributed by atoms with van der Waals surface area (Å²) < 4.78 is 21.3. The van der Waals surface area contributed by atoms with E-state index >= 15 is 0 Å². The maximum atomic E-state index is 13.2. The summed E-state index contributed by atoms with van der Waals surface area (Å²) >= 11 is 6.21. The van der Waals surface area contributed by atoms with Crippen molar-refractivity contribution in [1.82, 2.24) is 14.5 Å². The monoisotopic (exact) mass is 463 g/mol. The lowest BCUT2D eigenvalue weighted by atomic mass is 10.1. The van der Waals surface area contributed by atoms with Crippen LogP contribution in [0.4, 0.5) is 4.39 Å². The van der Waals surface area contributed by atoms with Crippen molar-refractivity contribution in [3.8, 4) is 5.75 Å². The molecule has 5 nitrogen and oxygen atoms in total. The van der Waals surface area contributed by atoms with E-state index in [0.29, 0.717) is 43.4 Å². The maximum Gasteiger partial charge on any atom is 0.223 e. The van der Waals surface area contributed by atoms with E-state index in [4.69, 9.17) is 21.3 Å². The van der Waals surface area contributed by atoms with Crippen LogP contribution >= 0.6 is 11.6 Å². The van der Waals surface area contributed by atoms with Gasteiger partial charge in [0.15, 0.2) is 0 Å². The number of hydrogen-bond donors (Lipinski definition) is 0. The fraction of sp³-hybridized carbons (Fsp3) is 0.231. The standard InChI is InChI=1S/C26H23ClFN3O2/c27-21-5-1-4-8-24(21)33-14-13-31-23-7-3-2-6-22(23)29-26(31)19-15-25(32)30(17-19)16-18-9-11-20(28)12-10-18/h1-12,19H,13-17H2/t19-/m0/s1. The second-order valence-corrected chi connectivity index (χ2v) is 8.60. The van der Waals surface area contributed by atoms with Crippen LogP contribution in [0, 0.1) is 5.82 Å². The molecule has 1 fully saturated rings. The van der Waals surface area contributed by atoms with Crippen molar-refractivity contribution in [3.63, 3.8) is 0 Å². The normalized spacial score (nSPS) is 16.0. The lowest BCUT2D eigenvalue weighted by Gasteiger charge is -2.18. The molecule has 0 aliphatic carbocycles. The van der Waals surface area contributed by atoms with Gasteiger partial charge in [0.25, 0.3) is 0 Å². The van der Waals surface area contributed by atoms with Gasteiger partial charge in [-0.1, -0.05) is 48.0 Å². The van der Waals surface area contributed by atoms with E-state index in [1.807, 2.05) is 47.4 Å². The summed E-state index contributed by atoms with van der Waals surface area (Å²) in [6.07, 6.45) is 0.399. The third-order valence-electron chi connectivity index (χ3n) is 5.96. The van der Waals surface area contributed by atoms with Crippen LogP contribution in [0.1, 0.15) is 23.7 Å². The molecule has 0 spiro atoms. The molecular formula is C26H23ClFN3O2. The van der Waals surface area contributed by atoms with Crippen LogP contribution in [0.15, 0.2) is 72.8 Å². The first kappa shape index (κ1) is 21.5. The Morgan fingerprint density at radius 3 is 2.61 bits per heavy atom. The number of rotatable bonds is 7. The summed E-state index contributed by atoms with van der Waals surface area (Å²) in [4.78, 5) is 19.5. The molecule has 1 aliphatic heterocycles. The highest BCUT2D eigenvalue weighted by molar-refractivity contribution is 6.32. The van der Waals surface area contributed by atoms with Gasteiger partial charge in [-0.25, -0.2) is 9.37 Å². The molecule has 0 unspecified atom stereocenters. The Kier molecular flexibility index (Phi) is 6.01. The van der Waals surface area contributed by atoms with E-state index in [2.05, 4.69) is 4.57 Å². The second-order valence-electron chi connectivity index (χ2n) is 8.19. The zero-order chi connectivity index (χ0) is 22.8. The molecule has 1 atom stereocenters. The molecule has 168 valence electrons. The van der Waals surface area contributed by atoms with Gasteiger partial charge in [-0.15, -0.1) is 0 Å². The van der Waals surface area contributed by atoms with Crippen molar-refractivity contribution < 1.29 is 13.9 Å². The Morgan fingerprint density at radius 1 is 1.03 bits per heavy atom. The average Bonchev–Trinajstić information content (AvgIpc) is 3.37. The first-order valence-corrected chi connectivity index (χ1v) is 11.3. The van der Waals surface area contributed by atoms with Crippen molar-refractivity contribution >= 4 is 28.5 Å². The second kappa shape index (κ2) is 9.24. The number of halogens is 2. The molecule has 0 radical (unpaired) electrons. The number of carbonyl (C=O) groups excluding carboxylic acids is 1. The number of imidazole rings is 1. The number of amides is 1. The predicted octanol–water partition coefficient (Wildman–Crippen LogP) is 5.42. The number of carbonyl (C=O) groups is 1. The topological polar surface area (TPSA) is 47.4 Å². The number of aromatic nitrogens is 2. The van der Waals surface area contributed by atoms with Gasteiger partial charge in [0.1, 0.15) is 24.0 Å². The molecular weight excluding hydrogens is 441 g/mol. The Hall–Kier alpha value is -3.38. The van der Waals surface area contributed by atoms with Gasteiger partial charge >= 0.3 is 0 Å². The van der Waals surface area contributed by atoms with Crippen molar-refractivity contribution in [2.24, 2.45) is 0 Å². The summed E-state index contributed by atoms with van der Waals surface area (Å²) in [5, 5.41) is 0.575. The summed E-state index contributed by atoms with van der Waals surface area (Å²) in [7, 11) is 0. The number of hydrogen-bond acceptors (Lipinski definition) is 3. The first-order chi connectivity index (χ1) is 16.1. The minimum absolute atomic E-state index is 0.0225. The minimum Gasteiger partial charge on any atom is -0.490 e. The molecule has 0 bridgehead atoms. The lowest BCUT2D eigenvalue weighted by molar-refractivity contribution is -0.128. The van der Waals surface area contributed by atoms with E-state index in [9.17, 15) is 9.18 Å². The number of ether oxygens (including phenoxy) is 1. The van der Waals surface area contributed by atoms with Gasteiger partial charge in [-0.05, 0) is 42.0 Å². The van der Waals surface area contributed by atoms with Crippen LogP contribution in [-0.4, -0.2) is 33.5 Å². The van der Waals surface area contributed by atoms with Crippen molar-refractivity contribution in [1.29, 1.82) is 0 Å². The molecule has 1 aromatic heterocycles. The molecule has 7 heteroatoms. The molecule has 1 aliphatic rings. The Bertz CT molecular complexity index is 1290. The van der Waals surface area contributed by atoms with Crippen LogP contribution in [0.2, 0.25) is 5.02 Å². The van der Waals surface area contributed by atoms with E-state index in [1.54, 1.807) is 18.2 Å². The lowest BCUT2D eigenvalue weighted by Crippen LogP contribution is -2.24. The predicted molar refractivity (Wildman–Crippen MR) is 126 cm³/mol. The van der Waals surface area contributed by atoms with Gasteiger partial charge in [0.05, 0.1) is 22.6 Å². The van der Waals surface area contributed by atoms with Gasteiger partial charge in [0, 0.05) is 25.4 Å². The Labute approximate surface area is 196 Å². The smallest absolute Gasteiger partial charge is 0.223 e. The highest BCUT2D eigenvalue weighted by Crippen LogP contribution is 2.31. The van der Waals surface area contributed by atoms with Gasteiger partial charge in [-0.3, -0.25) is 4.79 Å². The molecule has 33 heavy (non-hydrogen) atoms. The van der Waals surface area contributed by atoms with Crippen LogP contribution in [0.5, 0.6) is 5.75 Å². The fourth-order valence-electron chi connectivity index (χ4n) is 4.36. The van der Waals surface area contributed by atoms with Crippen LogP contribution in [0.3, 0.4) is 0 Å². The number of benzene rings is 3. The van der Waals surface area contributed by atoms with Gasteiger partial charge in [0.2, 0.25) is 5.91 Å². The number of para-hydroxylation sites is 3. The zero-order valence-electron chi connectivity index (χ0n) is 18.0. The molecule has 0 saturated carbocycles. The van der Waals surface area contributed by atoms with Gasteiger partial charge in [-0.2, -0.15) is 0 Å². The summed E-state index contributed by atoms with van der Waals surface area (Å²) in [6, 6.07) is 21.7. The summed E-state index contributed by atoms with van der Waals surface area (Å²) in [6.45, 7) is 2.05. The number of likely N-dealkylation sites (tertiary alicyclic amines) is 1. The summed E-state index contributed by atoms with van der Waals surface area (Å²) in [5.41, 5.74) is 2.82. The van der Waals surface area contributed by atoms with Crippen molar-refractivity contribution in [3.05, 3.63) is 95.0 Å². The molecule has 1 amide bonds. The largest absolute Gasteiger partial charge is 0.490 e. The van der Waals surface area contributed by atoms with E-state index in [-0.39, 0.29) is 17.6 Å². The minimum atomic E-state index is -0.280. The maximum absolute atomic E-state index is 13.2. The molecule has 3 aromatic carbocycles. The average molecular weight is 464 g/mol. The SMILES string of the molecule is O=C1C[C@H](c2nc3ccccc3n2CCOc2ccccc2Cl)CN1Cc1ccc(F)cc1. The zero-order valence-corrected chi connectivity index (χ0v) is 18.7. The highest BCUT2D eigenvalue weighted by atomic mass is 35.5. The van der Waals surface area contributed by atoms with Crippen molar-refractivity contribution in [2.45, 2.75) is 25.4 Å². The molecule has 0 N–H and O–H groups in total. The molecule has 5 rings (SSSR count). The highest BCUT2D eigenvalue weighted by Gasteiger charge is 2.34. The van der Waals surface area contributed by atoms with E-state index < -0.39 is 0 Å². The van der Waals surface area contributed by atoms with E-state index in [1.165, 1.54) is 12.1 Å². The van der Waals surface area contributed by atoms with Crippen LogP contribution in [-0.2, 0) is 17.9 Å². The fourth-order valence-corrected chi connectivity index (χ4v) is 4.55. The summed E-state index contributed by atoms with van der Waals surface area (Å²) in [5.74, 6) is 1.30. The Balaban J connectivity index is 1.36. The van der Waals surface area contributed by atoms with Crippen LogP contribution in [0.25, 0.3) is 11.0 Å². The number of fused-ring (bicyclic) bond motifs is 1. The Morgan fingerprint density at radius 2 is 1.79 bits per heavy atom. The van der Waals surface area contributed by atoms with Crippen molar-refractivity contribution in [2.75, 3.05) is 13.2 Å². The molecule has 1 saturated heterocycles. The molecule has 2 heterocycles. The first-order valence-electron chi connectivity index (χ1n) is 10.9. The third kappa shape index (κ3) is 4.57. The number of nitrogens with zero attached hydrogens (tertiary/aromatic N) is 3. The third-order valence-corrected chi connectivity index (χ3v) is 6.27. The molecule has 4 aromatic rings.